The Morgan fingerprint density at radius 3 is 2.88 bits per heavy atom. The molecule has 136 valence electrons. The Balaban J connectivity index is 1.46. The molecule has 0 spiro atoms. The molecule has 1 aliphatic rings. The zero-order valence-electron chi connectivity index (χ0n) is 13.6. The van der Waals surface area contributed by atoms with E-state index in [9.17, 15) is 8.42 Å². The molecule has 0 aliphatic carbocycles. The summed E-state index contributed by atoms with van der Waals surface area (Å²) in [5.41, 5.74) is 1.22. The average molecular weight is 410 g/mol. The number of benzene rings is 2. The fraction of sp³-hybridized carbons (Fsp3) is 0.188. The van der Waals surface area contributed by atoms with Gasteiger partial charge in [0.2, 0.25) is 16.8 Å². The first-order valence-electron chi connectivity index (χ1n) is 7.50. The fourth-order valence-corrected chi connectivity index (χ4v) is 5.94. The summed E-state index contributed by atoms with van der Waals surface area (Å²) < 4.78 is 44.5. The summed E-state index contributed by atoms with van der Waals surface area (Å²) in [6, 6.07) is 10.4. The number of ether oxygens (including phenoxy) is 3. The Bertz CT molecular complexity index is 1020. The molecule has 0 unspecified atom stereocenters. The summed E-state index contributed by atoms with van der Waals surface area (Å²) in [4.78, 5) is 4.46. The minimum atomic E-state index is -3.53. The number of nitrogens with one attached hydrogen (secondary N) is 1. The number of nitrogens with zero attached hydrogens (tertiary/aromatic N) is 1. The smallest absolute Gasteiger partial charge is 0.242 e. The number of hydrogen-bond acceptors (Lipinski definition) is 8. The van der Waals surface area contributed by atoms with E-state index in [1.807, 2.05) is 6.07 Å². The van der Waals surface area contributed by atoms with E-state index < -0.39 is 10.0 Å². The molecular weight excluding hydrogens is 396 g/mol. The van der Waals surface area contributed by atoms with Crippen molar-refractivity contribution in [1.29, 1.82) is 0 Å². The summed E-state index contributed by atoms with van der Waals surface area (Å²) >= 11 is 2.58. The van der Waals surface area contributed by atoms with Crippen molar-refractivity contribution < 1.29 is 22.6 Å². The molecule has 10 heteroatoms. The first-order chi connectivity index (χ1) is 12.5. The number of rotatable bonds is 6. The quantitative estimate of drug-likeness (QED) is 0.622. The second-order valence-electron chi connectivity index (χ2n) is 5.36. The predicted octanol–water partition coefficient (Wildman–Crippen LogP) is 3.53. The Morgan fingerprint density at radius 2 is 2.08 bits per heavy atom. The minimum Gasteiger partial charge on any atom is -0.497 e. The van der Waals surface area contributed by atoms with E-state index in [2.05, 4.69) is 9.71 Å². The summed E-state index contributed by atoms with van der Waals surface area (Å²) in [6.07, 6.45) is 0. The SMILES string of the molecule is COc1cccc(NS(=O)(=O)CSc2nc3cc4c(cc3s2)OCO4)c1. The van der Waals surface area contributed by atoms with Crippen LogP contribution < -0.4 is 18.9 Å². The Morgan fingerprint density at radius 1 is 1.27 bits per heavy atom. The maximum Gasteiger partial charge on any atom is 0.242 e. The highest BCUT2D eigenvalue weighted by Gasteiger charge is 2.18. The van der Waals surface area contributed by atoms with Crippen molar-refractivity contribution in [2.24, 2.45) is 0 Å². The average Bonchev–Trinajstić information content (AvgIpc) is 3.23. The van der Waals surface area contributed by atoms with Gasteiger partial charge in [0, 0.05) is 18.2 Å². The van der Waals surface area contributed by atoms with Crippen LogP contribution in [0, 0.1) is 0 Å². The molecule has 0 saturated heterocycles. The van der Waals surface area contributed by atoms with E-state index in [1.54, 1.807) is 30.3 Å². The van der Waals surface area contributed by atoms with Crippen molar-refractivity contribution in [3.8, 4) is 17.2 Å². The Kier molecular flexibility index (Phi) is 4.55. The number of sulfonamides is 1. The second-order valence-corrected chi connectivity index (χ2v) is 9.70. The van der Waals surface area contributed by atoms with Gasteiger partial charge in [-0.05, 0) is 12.1 Å². The van der Waals surface area contributed by atoms with Crippen molar-refractivity contribution in [3.05, 3.63) is 36.4 Å². The summed E-state index contributed by atoms with van der Waals surface area (Å²) in [7, 11) is -2.00. The zero-order valence-corrected chi connectivity index (χ0v) is 16.0. The van der Waals surface area contributed by atoms with Gasteiger partial charge < -0.3 is 14.2 Å². The molecule has 0 amide bonds. The van der Waals surface area contributed by atoms with Gasteiger partial charge in [-0.25, -0.2) is 13.4 Å². The lowest BCUT2D eigenvalue weighted by Crippen LogP contribution is -2.14. The van der Waals surface area contributed by atoms with E-state index in [0.717, 1.165) is 22.0 Å². The van der Waals surface area contributed by atoms with Crippen LogP contribution in [0.25, 0.3) is 10.2 Å². The molecule has 2 heterocycles. The van der Waals surface area contributed by atoms with Crippen LogP contribution in [0.5, 0.6) is 17.2 Å². The molecule has 0 atom stereocenters. The van der Waals surface area contributed by atoms with Crippen molar-refractivity contribution in [3.63, 3.8) is 0 Å². The minimum absolute atomic E-state index is 0.142. The van der Waals surface area contributed by atoms with Crippen LogP contribution in [0.2, 0.25) is 0 Å². The molecule has 0 bridgehead atoms. The monoisotopic (exact) mass is 410 g/mol. The molecular formula is C16H14N2O5S3. The van der Waals surface area contributed by atoms with Crippen LogP contribution >= 0.6 is 23.1 Å². The number of fused-ring (bicyclic) bond motifs is 2. The van der Waals surface area contributed by atoms with Crippen molar-refractivity contribution in [2.75, 3.05) is 23.7 Å². The van der Waals surface area contributed by atoms with E-state index in [-0.39, 0.29) is 11.9 Å². The van der Waals surface area contributed by atoms with Crippen LogP contribution in [0.15, 0.2) is 40.7 Å². The molecule has 26 heavy (non-hydrogen) atoms. The number of aromatic nitrogens is 1. The number of hydrogen-bond donors (Lipinski definition) is 1. The van der Waals surface area contributed by atoms with Crippen LogP contribution in [0.4, 0.5) is 5.69 Å². The van der Waals surface area contributed by atoms with Gasteiger partial charge in [0.25, 0.3) is 0 Å². The molecule has 0 radical (unpaired) electrons. The van der Waals surface area contributed by atoms with Gasteiger partial charge in [-0.2, -0.15) is 0 Å². The Hall–Kier alpha value is -2.17. The van der Waals surface area contributed by atoms with Crippen molar-refractivity contribution in [2.45, 2.75) is 4.34 Å². The van der Waals surface area contributed by atoms with Crippen molar-refractivity contribution >= 4 is 49.0 Å². The third-order valence-corrected chi connectivity index (χ3v) is 7.56. The standard InChI is InChI=1S/C16H14N2O5S3/c1-21-11-4-2-3-10(5-11)18-26(19,20)9-24-16-17-12-6-13-14(23-8-22-13)7-15(12)25-16/h2-7,18H,8-9H2,1H3. The highest BCUT2D eigenvalue weighted by atomic mass is 32.3. The van der Waals surface area contributed by atoms with Gasteiger partial charge in [-0.15, -0.1) is 11.3 Å². The molecule has 0 saturated carbocycles. The molecule has 3 aromatic rings. The van der Waals surface area contributed by atoms with Gasteiger partial charge in [-0.1, -0.05) is 17.8 Å². The zero-order chi connectivity index (χ0) is 18.1. The van der Waals surface area contributed by atoms with Gasteiger partial charge in [0.05, 0.1) is 23.0 Å². The highest BCUT2D eigenvalue weighted by molar-refractivity contribution is 8.13. The highest BCUT2D eigenvalue weighted by Crippen LogP contribution is 2.39. The van der Waals surface area contributed by atoms with Gasteiger partial charge in [0.1, 0.15) is 10.8 Å². The lowest BCUT2D eigenvalue weighted by Gasteiger charge is -2.08. The second kappa shape index (κ2) is 6.86. The van der Waals surface area contributed by atoms with Crippen LogP contribution in [0.1, 0.15) is 0 Å². The summed E-state index contributed by atoms with van der Waals surface area (Å²) in [5, 5.41) is -0.142. The molecule has 1 N–H and O–H groups in total. The normalized spacial score (nSPS) is 13.1. The van der Waals surface area contributed by atoms with E-state index >= 15 is 0 Å². The molecule has 7 nitrogen and oxygen atoms in total. The van der Waals surface area contributed by atoms with Crippen molar-refractivity contribution in [1.82, 2.24) is 4.98 Å². The summed E-state index contributed by atoms with van der Waals surface area (Å²) in [5.74, 6) is 1.93. The van der Waals surface area contributed by atoms with Crippen LogP contribution in [-0.4, -0.2) is 32.4 Å². The van der Waals surface area contributed by atoms with Gasteiger partial charge in [0.15, 0.2) is 15.8 Å². The molecule has 2 aromatic carbocycles. The van der Waals surface area contributed by atoms with E-state index in [1.165, 1.54) is 18.4 Å². The predicted molar refractivity (Wildman–Crippen MR) is 102 cm³/mol. The Labute approximate surface area is 158 Å². The number of thioether (sulfide) groups is 1. The number of thiazole rings is 1. The topological polar surface area (TPSA) is 86.8 Å². The lowest BCUT2D eigenvalue weighted by molar-refractivity contribution is 0.174. The third kappa shape index (κ3) is 3.67. The van der Waals surface area contributed by atoms with E-state index in [0.29, 0.717) is 27.3 Å². The number of anilines is 1. The fourth-order valence-electron chi connectivity index (χ4n) is 2.38. The molecule has 1 aromatic heterocycles. The first-order valence-corrected chi connectivity index (χ1v) is 11.0. The van der Waals surface area contributed by atoms with Crippen LogP contribution in [0.3, 0.4) is 0 Å². The molecule has 4 rings (SSSR count). The summed E-state index contributed by atoms with van der Waals surface area (Å²) in [6.45, 7) is 0.211. The maximum atomic E-state index is 12.3. The maximum absolute atomic E-state index is 12.3. The van der Waals surface area contributed by atoms with Gasteiger partial charge >= 0.3 is 0 Å². The van der Waals surface area contributed by atoms with Crippen LogP contribution in [-0.2, 0) is 10.0 Å². The molecule has 0 fully saturated rings. The molecule has 1 aliphatic heterocycles. The largest absolute Gasteiger partial charge is 0.497 e. The first kappa shape index (κ1) is 17.3. The van der Waals surface area contributed by atoms with Gasteiger partial charge in [-0.3, -0.25) is 4.72 Å². The third-order valence-electron chi connectivity index (χ3n) is 3.54. The number of methoxy groups -OCH3 is 1. The lowest BCUT2D eigenvalue weighted by atomic mass is 10.3. The van der Waals surface area contributed by atoms with E-state index in [4.69, 9.17) is 14.2 Å².